The van der Waals surface area contributed by atoms with Crippen LogP contribution < -0.4 is 0 Å². The van der Waals surface area contributed by atoms with E-state index in [-0.39, 0.29) is 5.25 Å². The number of H-pyrrole nitrogens is 1. The van der Waals surface area contributed by atoms with E-state index < -0.39 is 0 Å². The maximum absolute atomic E-state index is 5.72. The van der Waals surface area contributed by atoms with E-state index in [2.05, 4.69) is 58.3 Å². The van der Waals surface area contributed by atoms with Crippen molar-refractivity contribution in [2.24, 2.45) is 5.92 Å². The predicted octanol–water partition coefficient (Wildman–Crippen LogP) is 4.21. The van der Waals surface area contributed by atoms with Crippen molar-refractivity contribution in [3.8, 4) is 11.4 Å². The Kier molecular flexibility index (Phi) is 4.99. The van der Waals surface area contributed by atoms with Gasteiger partial charge in [-0.15, -0.1) is 15.3 Å². The summed E-state index contributed by atoms with van der Waals surface area (Å²) < 4.78 is 5.72. The molecule has 2 heterocycles. The zero-order valence-corrected chi connectivity index (χ0v) is 15.1. The van der Waals surface area contributed by atoms with Crippen LogP contribution in [0.15, 0.2) is 33.8 Å². The molecule has 3 aromatic rings. The van der Waals surface area contributed by atoms with Crippen molar-refractivity contribution in [3.05, 3.63) is 41.6 Å². The number of rotatable bonds is 6. The van der Waals surface area contributed by atoms with E-state index in [4.69, 9.17) is 4.42 Å². The van der Waals surface area contributed by atoms with Gasteiger partial charge in [-0.1, -0.05) is 55.4 Å². The summed E-state index contributed by atoms with van der Waals surface area (Å²) in [4.78, 5) is 4.54. The Morgan fingerprint density at radius 2 is 1.88 bits per heavy atom. The Morgan fingerprint density at radius 3 is 2.58 bits per heavy atom. The molecule has 3 rings (SSSR count). The summed E-state index contributed by atoms with van der Waals surface area (Å²) in [7, 11) is 0. The summed E-state index contributed by atoms with van der Waals surface area (Å²) in [6.07, 6.45) is 0.794. The van der Waals surface area contributed by atoms with Gasteiger partial charge in [0.05, 0.1) is 5.25 Å². The number of thioether (sulfide) groups is 1. The van der Waals surface area contributed by atoms with Crippen LogP contribution in [-0.4, -0.2) is 25.4 Å². The van der Waals surface area contributed by atoms with Gasteiger partial charge < -0.3 is 4.42 Å². The topological polar surface area (TPSA) is 80.5 Å². The molecule has 7 heteroatoms. The van der Waals surface area contributed by atoms with Crippen molar-refractivity contribution in [3.63, 3.8) is 0 Å². The molecule has 2 aromatic heterocycles. The lowest BCUT2D eigenvalue weighted by Gasteiger charge is -2.02. The maximum Gasteiger partial charge on any atom is 0.229 e. The van der Waals surface area contributed by atoms with E-state index in [1.807, 2.05) is 19.1 Å². The molecule has 0 aliphatic rings. The van der Waals surface area contributed by atoms with Gasteiger partial charge in [-0.05, 0) is 19.8 Å². The summed E-state index contributed by atoms with van der Waals surface area (Å²) in [6.45, 7) is 8.33. The zero-order valence-electron chi connectivity index (χ0n) is 14.3. The summed E-state index contributed by atoms with van der Waals surface area (Å²) in [5.74, 6) is 2.54. The van der Waals surface area contributed by atoms with E-state index in [0.717, 1.165) is 17.8 Å². The predicted molar refractivity (Wildman–Crippen MR) is 93.7 cm³/mol. The molecule has 0 bridgehead atoms. The summed E-state index contributed by atoms with van der Waals surface area (Å²) in [5, 5.41) is 16.2. The van der Waals surface area contributed by atoms with Crippen LogP contribution in [0.3, 0.4) is 0 Å². The third-order valence-electron chi connectivity index (χ3n) is 3.49. The molecule has 1 N–H and O–H groups in total. The molecule has 6 nitrogen and oxygen atoms in total. The van der Waals surface area contributed by atoms with Gasteiger partial charge in [-0.25, -0.2) is 4.98 Å². The number of nitrogens with one attached hydrogen (secondary N) is 1. The average Bonchev–Trinajstić information content (AvgIpc) is 3.17. The normalized spacial score (nSPS) is 12.7. The van der Waals surface area contributed by atoms with E-state index in [9.17, 15) is 0 Å². The largest absolute Gasteiger partial charge is 0.424 e. The lowest BCUT2D eigenvalue weighted by atomic mass is 10.1. The molecule has 0 spiro atoms. The van der Waals surface area contributed by atoms with Crippen molar-refractivity contribution in [1.82, 2.24) is 25.4 Å². The maximum atomic E-state index is 5.72. The van der Waals surface area contributed by atoms with Gasteiger partial charge in [0.1, 0.15) is 0 Å². The molecule has 0 saturated heterocycles. The van der Waals surface area contributed by atoms with Gasteiger partial charge in [0, 0.05) is 12.0 Å². The highest BCUT2D eigenvalue weighted by atomic mass is 32.2. The first kappa shape index (κ1) is 16.7. The van der Waals surface area contributed by atoms with Gasteiger partial charge in [0.15, 0.2) is 5.82 Å². The summed E-state index contributed by atoms with van der Waals surface area (Å²) in [6, 6.07) is 8.18. The van der Waals surface area contributed by atoms with Gasteiger partial charge in [-0.3, -0.25) is 5.10 Å². The fraction of sp³-hybridized carbons (Fsp3) is 0.412. The van der Waals surface area contributed by atoms with Crippen molar-refractivity contribution in [2.45, 2.75) is 44.5 Å². The molecule has 0 aliphatic carbocycles. The number of hydrogen-bond donors (Lipinski definition) is 1. The molecule has 0 fully saturated rings. The van der Waals surface area contributed by atoms with Crippen LogP contribution >= 0.6 is 11.8 Å². The molecule has 0 aliphatic heterocycles. The van der Waals surface area contributed by atoms with E-state index >= 15 is 0 Å². The van der Waals surface area contributed by atoms with Crippen LogP contribution in [0.1, 0.15) is 43.4 Å². The molecule has 0 unspecified atom stereocenters. The van der Waals surface area contributed by atoms with Crippen molar-refractivity contribution >= 4 is 11.8 Å². The Bertz CT molecular complexity index is 793. The average molecular weight is 343 g/mol. The lowest BCUT2D eigenvalue weighted by Crippen LogP contribution is -1.93. The van der Waals surface area contributed by atoms with Crippen LogP contribution in [0.5, 0.6) is 0 Å². The van der Waals surface area contributed by atoms with Crippen molar-refractivity contribution < 1.29 is 4.42 Å². The number of benzene rings is 1. The smallest absolute Gasteiger partial charge is 0.229 e. The Hall–Kier alpha value is -2.15. The van der Waals surface area contributed by atoms with Gasteiger partial charge in [-0.2, -0.15) is 0 Å². The molecule has 1 aromatic carbocycles. The van der Waals surface area contributed by atoms with Crippen LogP contribution in [0.2, 0.25) is 0 Å². The number of aromatic amines is 1. The van der Waals surface area contributed by atoms with Crippen LogP contribution in [0.25, 0.3) is 11.4 Å². The lowest BCUT2D eigenvalue weighted by molar-refractivity contribution is 0.426. The second-order valence-electron chi connectivity index (χ2n) is 6.22. The minimum absolute atomic E-state index is 0.0000741. The third-order valence-corrected chi connectivity index (χ3v) is 4.43. The highest BCUT2D eigenvalue weighted by Crippen LogP contribution is 2.32. The van der Waals surface area contributed by atoms with Crippen molar-refractivity contribution in [2.75, 3.05) is 0 Å². The summed E-state index contributed by atoms with van der Waals surface area (Å²) >= 11 is 1.50. The van der Waals surface area contributed by atoms with Gasteiger partial charge in [0.2, 0.25) is 16.9 Å². The number of aryl methyl sites for hydroxylation is 1. The fourth-order valence-electron chi connectivity index (χ4n) is 2.21. The first-order chi connectivity index (χ1) is 11.5. The Morgan fingerprint density at radius 1 is 1.12 bits per heavy atom. The van der Waals surface area contributed by atoms with E-state index in [0.29, 0.717) is 22.9 Å². The highest BCUT2D eigenvalue weighted by molar-refractivity contribution is 7.99. The van der Waals surface area contributed by atoms with Gasteiger partial charge >= 0.3 is 0 Å². The molecule has 24 heavy (non-hydrogen) atoms. The van der Waals surface area contributed by atoms with E-state index in [1.165, 1.54) is 17.3 Å². The minimum Gasteiger partial charge on any atom is -0.424 e. The summed E-state index contributed by atoms with van der Waals surface area (Å²) in [5.41, 5.74) is 2.24. The molecule has 0 saturated carbocycles. The fourth-order valence-corrected chi connectivity index (χ4v) is 2.97. The molecular weight excluding hydrogens is 322 g/mol. The highest BCUT2D eigenvalue weighted by Gasteiger charge is 2.18. The van der Waals surface area contributed by atoms with Crippen molar-refractivity contribution in [1.29, 1.82) is 0 Å². The quantitative estimate of drug-likeness (QED) is 0.675. The zero-order chi connectivity index (χ0) is 17.1. The number of hydrogen-bond acceptors (Lipinski definition) is 6. The second-order valence-corrected chi connectivity index (χ2v) is 7.53. The van der Waals surface area contributed by atoms with Gasteiger partial charge in [0.25, 0.3) is 0 Å². The van der Waals surface area contributed by atoms with E-state index in [1.54, 1.807) is 0 Å². The Balaban J connectivity index is 1.67. The monoisotopic (exact) mass is 343 g/mol. The number of aromatic nitrogens is 5. The molecule has 0 amide bonds. The molecule has 1 atom stereocenters. The third kappa shape index (κ3) is 4.03. The molecule has 0 radical (unpaired) electrons. The molecular formula is C17H21N5OS. The SMILES string of the molecule is Cc1ccc(-c2nc(S[C@H](C)c3nnc(CC(C)C)o3)n[nH]2)cc1. The Labute approximate surface area is 145 Å². The van der Waals surface area contributed by atoms with Crippen LogP contribution in [0.4, 0.5) is 0 Å². The first-order valence-electron chi connectivity index (χ1n) is 7.99. The standard InChI is InChI=1S/C17H21N5OS/c1-10(2)9-14-19-21-16(23-14)12(4)24-17-18-15(20-22-17)13-7-5-11(3)6-8-13/h5-8,10,12H,9H2,1-4H3,(H,18,20,22)/t12-/m1/s1. The minimum atomic E-state index is 0.0000741. The second kappa shape index (κ2) is 7.17. The van der Waals surface area contributed by atoms with Crippen LogP contribution in [0, 0.1) is 12.8 Å². The van der Waals surface area contributed by atoms with Crippen LogP contribution in [-0.2, 0) is 6.42 Å². The number of nitrogens with zero attached hydrogens (tertiary/aromatic N) is 4. The first-order valence-corrected chi connectivity index (χ1v) is 8.87. The molecule has 126 valence electrons.